The minimum Gasteiger partial charge on any atom is -0.497 e. The van der Waals surface area contributed by atoms with Gasteiger partial charge in [-0.25, -0.2) is 8.42 Å². The molecule has 1 aliphatic rings. The Kier molecular flexibility index (Phi) is 11.0. The monoisotopic (exact) mass is 559 g/mol. The van der Waals surface area contributed by atoms with Crippen molar-refractivity contribution in [2.24, 2.45) is 0 Å². The lowest BCUT2D eigenvalue weighted by Crippen LogP contribution is -2.54. The predicted octanol–water partition coefficient (Wildman–Crippen LogP) is 3.77. The topological polar surface area (TPSA) is 105 Å². The van der Waals surface area contributed by atoms with Crippen molar-refractivity contribution in [1.29, 1.82) is 0 Å². The van der Waals surface area contributed by atoms with Gasteiger partial charge < -0.3 is 19.7 Å². The number of rotatable bonds is 13. The number of methoxy groups -OCH3 is 2. The van der Waals surface area contributed by atoms with Gasteiger partial charge in [0, 0.05) is 18.7 Å². The first-order valence-electron chi connectivity index (χ1n) is 13.5. The van der Waals surface area contributed by atoms with Crippen LogP contribution < -0.4 is 19.1 Å². The molecule has 39 heavy (non-hydrogen) atoms. The zero-order chi connectivity index (χ0) is 28.4. The van der Waals surface area contributed by atoms with Gasteiger partial charge in [0.2, 0.25) is 21.8 Å². The standard InChI is InChI=1S/C29H41N3O6S/c1-5-25(29(34)30-23-14-10-7-11-15-23)31(19-18-22-12-8-6-9-13-22)28(33)21-32(39(4,35)36)26-17-16-24(37-2)20-27(26)38-3/h6,8-9,12-13,16-17,20,23,25H,5,7,10-11,14-15,18-19,21H2,1-4H3,(H,30,34)/t25-/m1/s1. The van der Waals surface area contributed by atoms with Gasteiger partial charge in [-0.1, -0.05) is 56.5 Å². The normalized spacial score (nSPS) is 14.8. The molecule has 1 aliphatic carbocycles. The van der Waals surface area contributed by atoms with E-state index in [2.05, 4.69) is 5.32 Å². The Labute approximate surface area is 232 Å². The summed E-state index contributed by atoms with van der Waals surface area (Å²) in [6.07, 6.45) is 7.16. The molecule has 0 bridgehead atoms. The van der Waals surface area contributed by atoms with Crippen molar-refractivity contribution in [3.05, 3.63) is 54.1 Å². The summed E-state index contributed by atoms with van der Waals surface area (Å²) in [6, 6.07) is 13.8. The summed E-state index contributed by atoms with van der Waals surface area (Å²) in [5.41, 5.74) is 1.24. The van der Waals surface area contributed by atoms with Crippen molar-refractivity contribution >= 4 is 27.5 Å². The van der Waals surface area contributed by atoms with Gasteiger partial charge in [-0.15, -0.1) is 0 Å². The molecular weight excluding hydrogens is 518 g/mol. The first kappa shape index (κ1) is 30.3. The van der Waals surface area contributed by atoms with Crippen LogP contribution in [-0.2, 0) is 26.0 Å². The van der Waals surface area contributed by atoms with E-state index in [0.29, 0.717) is 18.6 Å². The number of hydrogen-bond donors (Lipinski definition) is 1. The van der Waals surface area contributed by atoms with Crippen LogP contribution in [-0.4, -0.2) is 70.8 Å². The smallest absolute Gasteiger partial charge is 0.244 e. The average molecular weight is 560 g/mol. The molecule has 1 fully saturated rings. The van der Waals surface area contributed by atoms with E-state index in [1.54, 1.807) is 18.2 Å². The predicted molar refractivity (Wildman–Crippen MR) is 153 cm³/mol. The van der Waals surface area contributed by atoms with Gasteiger partial charge in [0.15, 0.2) is 0 Å². The van der Waals surface area contributed by atoms with Crippen LogP contribution in [0.2, 0.25) is 0 Å². The third-order valence-electron chi connectivity index (χ3n) is 7.16. The van der Waals surface area contributed by atoms with Gasteiger partial charge in [0.05, 0.1) is 26.2 Å². The Morgan fingerprint density at radius 1 is 1.03 bits per heavy atom. The van der Waals surface area contributed by atoms with Crippen LogP contribution in [0.25, 0.3) is 0 Å². The van der Waals surface area contributed by atoms with Crippen molar-refractivity contribution in [3.8, 4) is 11.5 Å². The Bertz CT molecular complexity index is 1200. The molecule has 2 aromatic carbocycles. The van der Waals surface area contributed by atoms with E-state index in [1.807, 2.05) is 37.3 Å². The fourth-order valence-electron chi connectivity index (χ4n) is 5.03. The van der Waals surface area contributed by atoms with Crippen LogP contribution in [0.15, 0.2) is 48.5 Å². The van der Waals surface area contributed by atoms with Crippen molar-refractivity contribution in [3.63, 3.8) is 0 Å². The Morgan fingerprint density at radius 3 is 2.31 bits per heavy atom. The van der Waals surface area contributed by atoms with Crippen LogP contribution in [0.3, 0.4) is 0 Å². The molecule has 3 rings (SSSR count). The molecule has 0 aromatic heterocycles. The molecule has 1 saturated carbocycles. The van der Waals surface area contributed by atoms with Gasteiger partial charge in [0.25, 0.3) is 0 Å². The fourth-order valence-corrected chi connectivity index (χ4v) is 5.88. The number of hydrogen-bond acceptors (Lipinski definition) is 6. The highest BCUT2D eigenvalue weighted by atomic mass is 32.2. The molecular formula is C29H41N3O6S. The maximum atomic E-state index is 13.9. The Hall–Kier alpha value is -3.27. The first-order chi connectivity index (χ1) is 18.7. The lowest BCUT2D eigenvalue weighted by atomic mass is 9.95. The second-order valence-corrected chi connectivity index (χ2v) is 11.8. The van der Waals surface area contributed by atoms with E-state index in [0.717, 1.165) is 41.8 Å². The molecule has 0 heterocycles. The highest BCUT2D eigenvalue weighted by Gasteiger charge is 2.33. The number of carbonyl (C=O) groups excluding carboxylic acids is 2. The molecule has 214 valence electrons. The number of amides is 2. The maximum Gasteiger partial charge on any atom is 0.244 e. The molecule has 0 spiro atoms. The van der Waals surface area contributed by atoms with Gasteiger partial charge >= 0.3 is 0 Å². The minimum atomic E-state index is -3.88. The maximum absolute atomic E-state index is 13.9. The van der Waals surface area contributed by atoms with E-state index < -0.39 is 28.5 Å². The number of benzene rings is 2. The van der Waals surface area contributed by atoms with E-state index in [1.165, 1.54) is 25.5 Å². The SMILES string of the molecule is CC[C@H](C(=O)NC1CCCCC1)N(CCc1ccccc1)C(=O)CN(c1ccc(OC)cc1OC)S(C)(=O)=O. The Morgan fingerprint density at radius 2 is 1.72 bits per heavy atom. The quantitative estimate of drug-likeness (QED) is 0.401. The third kappa shape index (κ3) is 8.36. The number of carbonyl (C=O) groups is 2. The van der Waals surface area contributed by atoms with Crippen LogP contribution in [0, 0.1) is 0 Å². The van der Waals surface area contributed by atoms with Crippen molar-refractivity contribution < 1.29 is 27.5 Å². The van der Waals surface area contributed by atoms with Crippen LogP contribution in [0.4, 0.5) is 5.69 Å². The molecule has 2 amide bonds. The van der Waals surface area contributed by atoms with E-state index in [-0.39, 0.29) is 29.9 Å². The van der Waals surface area contributed by atoms with Crippen LogP contribution in [0.5, 0.6) is 11.5 Å². The summed E-state index contributed by atoms with van der Waals surface area (Å²) in [5, 5.41) is 3.15. The lowest BCUT2D eigenvalue weighted by molar-refractivity contribution is -0.140. The third-order valence-corrected chi connectivity index (χ3v) is 8.28. The van der Waals surface area contributed by atoms with Gasteiger partial charge in [0.1, 0.15) is 24.1 Å². The summed E-state index contributed by atoms with van der Waals surface area (Å²) in [7, 11) is -0.951. The number of sulfonamides is 1. The summed E-state index contributed by atoms with van der Waals surface area (Å²) >= 11 is 0. The molecule has 2 aromatic rings. The number of ether oxygens (including phenoxy) is 2. The van der Waals surface area contributed by atoms with Gasteiger partial charge in [-0.3, -0.25) is 13.9 Å². The Balaban J connectivity index is 1.91. The van der Waals surface area contributed by atoms with Gasteiger partial charge in [-0.2, -0.15) is 0 Å². The molecule has 9 nitrogen and oxygen atoms in total. The van der Waals surface area contributed by atoms with Crippen molar-refractivity contribution in [2.45, 2.75) is 64.0 Å². The van der Waals surface area contributed by atoms with Crippen LogP contribution in [0.1, 0.15) is 51.0 Å². The zero-order valence-corrected chi connectivity index (χ0v) is 24.2. The second-order valence-electron chi connectivity index (χ2n) is 9.90. The van der Waals surface area contributed by atoms with Crippen molar-refractivity contribution in [1.82, 2.24) is 10.2 Å². The molecule has 1 N–H and O–H groups in total. The van der Waals surface area contributed by atoms with E-state index in [4.69, 9.17) is 9.47 Å². The second kappa shape index (κ2) is 14.2. The molecule has 0 radical (unpaired) electrons. The van der Waals surface area contributed by atoms with E-state index >= 15 is 0 Å². The molecule has 1 atom stereocenters. The largest absolute Gasteiger partial charge is 0.497 e. The number of nitrogens with one attached hydrogen (secondary N) is 1. The zero-order valence-electron chi connectivity index (χ0n) is 23.4. The van der Waals surface area contributed by atoms with Crippen LogP contribution >= 0.6 is 0 Å². The minimum absolute atomic E-state index is 0.0995. The molecule has 0 unspecified atom stereocenters. The number of anilines is 1. The highest BCUT2D eigenvalue weighted by molar-refractivity contribution is 7.92. The molecule has 0 saturated heterocycles. The lowest BCUT2D eigenvalue weighted by Gasteiger charge is -2.34. The number of nitrogens with zero attached hydrogens (tertiary/aromatic N) is 2. The van der Waals surface area contributed by atoms with Crippen molar-refractivity contribution in [2.75, 3.05) is 37.9 Å². The average Bonchev–Trinajstić information content (AvgIpc) is 2.94. The summed E-state index contributed by atoms with van der Waals surface area (Å²) < 4.78 is 37.5. The highest BCUT2D eigenvalue weighted by Crippen LogP contribution is 2.33. The van der Waals surface area contributed by atoms with E-state index in [9.17, 15) is 18.0 Å². The summed E-state index contributed by atoms with van der Waals surface area (Å²) in [4.78, 5) is 28.9. The van der Waals surface area contributed by atoms with Gasteiger partial charge in [-0.05, 0) is 43.4 Å². The summed E-state index contributed by atoms with van der Waals surface area (Å²) in [6.45, 7) is 1.68. The summed E-state index contributed by atoms with van der Waals surface area (Å²) in [5.74, 6) is 0.0920. The fraction of sp³-hybridized carbons (Fsp3) is 0.517. The first-order valence-corrected chi connectivity index (χ1v) is 15.4. The molecule has 0 aliphatic heterocycles. The molecule has 10 heteroatoms.